The number of carboxylic acid groups (broad SMARTS) is 2. The van der Waals surface area contributed by atoms with Crippen LogP contribution in [0.2, 0.25) is 0 Å². The number of rotatable bonds is 2. The summed E-state index contributed by atoms with van der Waals surface area (Å²) in [6, 6.07) is 0. The fourth-order valence-electron chi connectivity index (χ4n) is 0. The smallest absolute Gasteiger partial charge is 0.332 e. The van der Waals surface area contributed by atoms with Crippen LogP contribution in [0.4, 0.5) is 0 Å². The quantitative estimate of drug-likeness (QED) is 0.406. The van der Waals surface area contributed by atoms with Gasteiger partial charge in [-0.2, -0.15) is 0 Å². The third-order valence-corrected chi connectivity index (χ3v) is 0.715. The average Bonchev–Trinajstić information content (AvgIpc) is 1.88. The van der Waals surface area contributed by atoms with Gasteiger partial charge in [-0.15, -0.1) is 0 Å². The molecule has 0 aliphatic rings. The highest BCUT2D eigenvalue weighted by atomic mass is 16.4. The van der Waals surface area contributed by atoms with Crippen LogP contribution in [0.15, 0.2) is 0 Å². The van der Waals surface area contributed by atoms with Gasteiger partial charge in [0.15, 0.2) is 0 Å². The van der Waals surface area contributed by atoms with Crippen molar-refractivity contribution in [2.75, 3.05) is 0 Å². The molecule has 7 nitrogen and oxygen atoms in total. The molecule has 0 aliphatic heterocycles. The molecule has 0 fully saturated rings. The maximum absolute atomic E-state index is 9.45. The summed E-state index contributed by atoms with van der Waals surface area (Å²) in [5.74, 6) is -2.37. The molecular weight excluding hydrogens is 184 g/mol. The summed E-state index contributed by atoms with van der Waals surface area (Å²) in [6.45, 7) is 2.39. The Balaban J connectivity index is -0.000000143. The number of aliphatic hydroxyl groups excluding tert-OH is 2. The molecule has 7 heteroatoms. The average molecular weight is 198 g/mol. The fourth-order valence-corrected chi connectivity index (χ4v) is 0. The van der Waals surface area contributed by atoms with E-state index >= 15 is 0 Å². The van der Waals surface area contributed by atoms with Crippen molar-refractivity contribution < 1.29 is 35.5 Å². The Labute approximate surface area is 74.6 Å². The molecule has 80 valence electrons. The van der Waals surface area contributed by atoms with Crippen LogP contribution in [0, 0.1) is 0 Å². The summed E-state index contributed by atoms with van der Waals surface area (Å²) in [7, 11) is 0. The lowest BCUT2D eigenvalue weighted by Crippen LogP contribution is -2.13. The van der Waals surface area contributed by atoms with E-state index in [1.165, 1.54) is 13.8 Å². The van der Waals surface area contributed by atoms with Crippen LogP contribution in [-0.2, 0) is 9.59 Å². The zero-order valence-electron chi connectivity index (χ0n) is 7.26. The number of aliphatic carboxylic acids is 2. The molecule has 0 saturated carbocycles. The van der Waals surface area contributed by atoms with Crippen molar-refractivity contribution in [3.8, 4) is 0 Å². The van der Waals surface area contributed by atoms with Crippen LogP contribution in [0.5, 0.6) is 0 Å². The molecule has 13 heavy (non-hydrogen) atoms. The maximum atomic E-state index is 9.45. The van der Waals surface area contributed by atoms with Gasteiger partial charge in [0, 0.05) is 0 Å². The van der Waals surface area contributed by atoms with Gasteiger partial charge in [0.05, 0.1) is 0 Å². The Morgan fingerprint density at radius 2 is 1.00 bits per heavy atom. The molecule has 0 amide bonds. The molecule has 0 rings (SSSR count). The minimum absolute atomic E-state index is 0. The van der Waals surface area contributed by atoms with E-state index in [0.29, 0.717) is 0 Å². The SMILES string of the molecule is C[C@H](O)C(=O)O.C[C@H](O)C(=O)O.O. The van der Waals surface area contributed by atoms with Crippen molar-refractivity contribution in [1.82, 2.24) is 0 Å². The van der Waals surface area contributed by atoms with Crippen molar-refractivity contribution in [3.63, 3.8) is 0 Å². The Morgan fingerprint density at radius 3 is 1.00 bits per heavy atom. The van der Waals surface area contributed by atoms with Gasteiger partial charge >= 0.3 is 11.9 Å². The monoisotopic (exact) mass is 198 g/mol. The van der Waals surface area contributed by atoms with E-state index in [-0.39, 0.29) is 5.48 Å². The van der Waals surface area contributed by atoms with Crippen LogP contribution in [0.25, 0.3) is 0 Å². The fraction of sp³-hybridized carbons (Fsp3) is 0.667. The first kappa shape index (κ1) is 17.8. The summed E-state index contributed by atoms with van der Waals surface area (Å²) in [5.41, 5.74) is 0. The molecular formula is C6H14O7. The highest BCUT2D eigenvalue weighted by molar-refractivity contribution is 5.71. The van der Waals surface area contributed by atoms with E-state index < -0.39 is 24.1 Å². The van der Waals surface area contributed by atoms with Gasteiger partial charge in [-0.3, -0.25) is 0 Å². The molecule has 0 heterocycles. The number of hydrogen-bond donors (Lipinski definition) is 4. The van der Waals surface area contributed by atoms with Gasteiger partial charge in [-0.1, -0.05) is 0 Å². The molecule has 0 aromatic heterocycles. The molecule has 0 aromatic rings. The predicted octanol–water partition coefficient (Wildman–Crippen LogP) is -1.92. The minimum atomic E-state index is -1.23. The van der Waals surface area contributed by atoms with Gasteiger partial charge in [0.2, 0.25) is 0 Å². The summed E-state index contributed by atoms with van der Waals surface area (Å²) in [4.78, 5) is 18.9. The second kappa shape index (κ2) is 8.91. The first-order valence-electron chi connectivity index (χ1n) is 3.10. The van der Waals surface area contributed by atoms with Gasteiger partial charge in [0.25, 0.3) is 0 Å². The third-order valence-electron chi connectivity index (χ3n) is 0.715. The molecule has 0 bridgehead atoms. The largest absolute Gasteiger partial charge is 0.479 e. The lowest BCUT2D eigenvalue weighted by molar-refractivity contribution is -0.146. The van der Waals surface area contributed by atoms with Crippen molar-refractivity contribution in [2.45, 2.75) is 26.1 Å². The highest BCUT2D eigenvalue weighted by Crippen LogP contribution is 1.73. The van der Waals surface area contributed by atoms with Crippen molar-refractivity contribution in [2.24, 2.45) is 0 Å². The number of aliphatic hydroxyl groups is 2. The molecule has 0 spiro atoms. The van der Waals surface area contributed by atoms with E-state index in [9.17, 15) is 9.59 Å². The van der Waals surface area contributed by atoms with E-state index in [0.717, 1.165) is 0 Å². The van der Waals surface area contributed by atoms with Gasteiger partial charge in [-0.25, -0.2) is 9.59 Å². The van der Waals surface area contributed by atoms with Crippen LogP contribution in [0.3, 0.4) is 0 Å². The zero-order chi connectivity index (χ0) is 10.3. The number of carbonyl (C=O) groups is 2. The topological polar surface area (TPSA) is 147 Å². The van der Waals surface area contributed by atoms with Gasteiger partial charge < -0.3 is 25.9 Å². The van der Waals surface area contributed by atoms with Crippen LogP contribution in [0.1, 0.15) is 13.8 Å². The summed E-state index contributed by atoms with van der Waals surface area (Å²) in [5, 5.41) is 31.5. The number of carboxylic acids is 2. The van der Waals surface area contributed by atoms with Crippen LogP contribution >= 0.6 is 0 Å². The number of hydrogen-bond acceptors (Lipinski definition) is 4. The molecule has 0 aliphatic carbocycles. The Bertz CT molecular complexity index is 133. The maximum Gasteiger partial charge on any atom is 0.332 e. The Kier molecular flexibility index (Phi) is 12.2. The van der Waals surface area contributed by atoms with Gasteiger partial charge in [-0.05, 0) is 13.8 Å². The van der Waals surface area contributed by atoms with Crippen molar-refractivity contribution in [1.29, 1.82) is 0 Å². The molecule has 0 saturated heterocycles. The first-order valence-corrected chi connectivity index (χ1v) is 3.10. The lowest BCUT2D eigenvalue weighted by atomic mass is 10.4. The second-order valence-corrected chi connectivity index (χ2v) is 2.03. The Morgan fingerprint density at radius 1 is 0.923 bits per heavy atom. The van der Waals surface area contributed by atoms with E-state index in [1.807, 2.05) is 0 Å². The minimum Gasteiger partial charge on any atom is -0.479 e. The highest BCUT2D eigenvalue weighted by Gasteiger charge is 2.01. The predicted molar refractivity (Wildman–Crippen MR) is 42.2 cm³/mol. The van der Waals surface area contributed by atoms with Crippen LogP contribution < -0.4 is 0 Å². The van der Waals surface area contributed by atoms with Gasteiger partial charge in [0.1, 0.15) is 12.2 Å². The van der Waals surface area contributed by atoms with E-state index in [4.69, 9.17) is 20.4 Å². The molecule has 0 radical (unpaired) electrons. The third kappa shape index (κ3) is 18.1. The second-order valence-electron chi connectivity index (χ2n) is 2.03. The summed E-state index contributed by atoms with van der Waals surface area (Å²) < 4.78 is 0. The molecule has 0 unspecified atom stereocenters. The first-order chi connectivity index (χ1) is 5.29. The molecule has 0 aromatic carbocycles. The standard InChI is InChI=1S/2C3H6O3.H2O/c2*1-2(4)3(5)6;/h2*2,4H,1H3,(H,5,6);1H2/t2*2-;/m00./s1. The lowest BCUT2D eigenvalue weighted by Gasteiger charge is -1.89. The van der Waals surface area contributed by atoms with Crippen molar-refractivity contribution in [3.05, 3.63) is 0 Å². The zero-order valence-corrected chi connectivity index (χ0v) is 7.26. The normalized spacial score (nSPS) is 12.6. The summed E-state index contributed by atoms with van der Waals surface area (Å²) in [6.07, 6.45) is -2.46. The Hall–Kier alpha value is -1.18. The summed E-state index contributed by atoms with van der Waals surface area (Å²) >= 11 is 0. The van der Waals surface area contributed by atoms with E-state index in [2.05, 4.69) is 0 Å². The van der Waals surface area contributed by atoms with Crippen LogP contribution in [-0.4, -0.2) is 50.0 Å². The molecule has 6 N–H and O–H groups in total. The van der Waals surface area contributed by atoms with Crippen molar-refractivity contribution >= 4 is 11.9 Å². The molecule has 2 atom stereocenters. The van der Waals surface area contributed by atoms with E-state index in [1.54, 1.807) is 0 Å².